The van der Waals surface area contributed by atoms with Crippen LogP contribution in [-0.4, -0.2) is 40.6 Å². The number of piperidine rings is 1. The van der Waals surface area contributed by atoms with E-state index in [0.29, 0.717) is 5.52 Å². The molecule has 112 valence electrons. The number of nitro groups is 1. The summed E-state index contributed by atoms with van der Waals surface area (Å²) in [6.45, 7) is 4.06. The number of non-ortho nitro benzene ring substituents is 1. The molecule has 1 saturated heterocycles. The van der Waals surface area contributed by atoms with Crippen LogP contribution in [0.1, 0.15) is 19.8 Å². The molecule has 0 spiro atoms. The highest BCUT2D eigenvalue weighted by Gasteiger charge is 2.29. The molecule has 0 radical (unpaired) electrons. The Hall–Kier alpha value is -2.15. The fourth-order valence-corrected chi connectivity index (χ4v) is 2.71. The molecule has 0 amide bonds. The maximum Gasteiger partial charge on any atom is 0.271 e. The number of nitro benzene ring substituents is 1. The molecule has 2 N–H and O–H groups in total. The second kappa shape index (κ2) is 5.00. The number of fused-ring (bicyclic) bond motifs is 1. The number of H-pyrrole nitrogens is 1. The molecule has 0 atom stereocenters. The average molecular weight is 289 g/mol. The smallest absolute Gasteiger partial charge is 0.271 e. The number of nitrogens with zero attached hydrogens (tertiary/aromatic N) is 3. The van der Waals surface area contributed by atoms with Crippen molar-refractivity contribution in [3.8, 4) is 0 Å². The summed E-state index contributed by atoms with van der Waals surface area (Å²) < 4.78 is 0. The first-order valence-electron chi connectivity index (χ1n) is 7.09. The molecule has 7 heteroatoms. The molecule has 21 heavy (non-hydrogen) atoms. The minimum atomic E-state index is -0.390. The van der Waals surface area contributed by atoms with E-state index in [1.165, 1.54) is 12.1 Å². The minimum absolute atomic E-state index is 0.0825. The Morgan fingerprint density at radius 2 is 2.14 bits per heavy atom. The standard InChI is InChI=1S/C14H19N5O2/c1-14(15-2)5-7-18(8-6-14)13-16-11-4-3-10(19(20)21)9-12(11)17-13/h3-4,9,15H,5-8H2,1-2H3,(H,16,17). The fraction of sp³-hybridized carbons (Fsp3) is 0.500. The topological polar surface area (TPSA) is 87.1 Å². The third-order valence-electron chi connectivity index (χ3n) is 4.43. The van der Waals surface area contributed by atoms with Crippen molar-refractivity contribution in [3.05, 3.63) is 28.3 Å². The lowest BCUT2D eigenvalue weighted by Gasteiger charge is -2.39. The van der Waals surface area contributed by atoms with E-state index in [2.05, 4.69) is 27.1 Å². The van der Waals surface area contributed by atoms with Crippen LogP contribution >= 0.6 is 0 Å². The molecule has 1 aliphatic rings. The third-order valence-corrected chi connectivity index (χ3v) is 4.43. The van der Waals surface area contributed by atoms with Crippen LogP contribution in [0.4, 0.5) is 11.6 Å². The first kappa shape index (κ1) is 13.8. The van der Waals surface area contributed by atoms with Gasteiger partial charge >= 0.3 is 0 Å². The number of hydrogen-bond donors (Lipinski definition) is 2. The van der Waals surface area contributed by atoms with Crippen LogP contribution in [0.25, 0.3) is 11.0 Å². The molecular weight excluding hydrogens is 270 g/mol. The van der Waals surface area contributed by atoms with Crippen molar-refractivity contribution >= 4 is 22.7 Å². The lowest BCUT2D eigenvalue weighted by molar-refractivity contribution is -0.384. The number of aromatic nitrogens is 2. The van der Waals surface area contributed by atoms with Gasteiger partial charge < -0.3 is 15.2 Å². The Bertz CT molecular complexity index is 673. The summed E-state index contributed by atoms with van der Waals surface area (Å²) in [5.41, 5.74) is 1.74. The Morgan fingerprint density at radius 1 is 1.43 bits per heavy atom. The SMILES string of the molecule is CNC1(C)CCN(c2nc3ccc([N+](=O)[O-])cc3[nH]2)CC1. The molecule has 0 unspecified atom stereocenters. The van der Waals surface area contributed by atoms with Gasteiger partial charge in [0.25, 0.3) is 5.69 Å². The van der Waals surface area contributed by atoms with Crippen molar-refractivity contribution in [2.45, 2.75) is 25.3 Å². The Labute approximate surface area is 122 Å². The van der Waals surface area contributed by atoms with Crippen LogP contribution in [0.2, 0.25) is 0 Å². The number of rotatable bonds is 3. The van der Waals surface area contributed by atoms with Gasteiger partial charge in [0.05, 0.1) is 16.0 Å². The Balaban J connectivity index is 1.83. The molecule has 2 heterocycles. The summed E-state index contributed by atoms with van der Waals surface area (Å²) in [5, 5.41) is 14.2. The zero-order chi connectivity index (χ0) is 15.0. The van der Waals surface area contributed by atoms with Crippen molar-refractivity contribution in [2.75, 3.05) is 25.0 Å². The lowest BCUT2D eigenvalue weighted by atomic mass is 9.90. The van der Waals surface area contributed by atoms with Crippen LogP contribution in [0.3, 0.4) is 0 Å². The van der Waals surface area contributed by atoms with Gasteiger partial charge in [0.15, 0.2) is 0 Å². The van der Waals surface area contributed by atoms with E-state index in [0.717, 1.165) is 37.4 Å². The van der Waals surface area contributed by atoms with Gasteiger partial charge in [-0.15, -0.1) is 0 Å². The van der Waals surface area contributed by atoms with Crippen molar-refractivity contribution in [2.24, 2.45) is 0 Å². The highest BCUT2D eigenvalue weighted by molar-refractivity contribution is 5.80. The predicted molar refractivity (Wildman–Crippen MR) is 81.7 cm³/mol. The van der Waals surface area contributed by atoms with Crippen molar-refractivity contribution in [3.63, 3.8) is 0 Å². The summed E-state index contributed by atoms with van der Waals surface area (Å²) in [5.74, 6) is 0.795. The van der Waals surface area contributed by atoms with Crippen LogP contribution in [0.5, 0.6) is 0 Å². The maximum absolute atomic E-state index is 10.8. The van der Waals surface area contributed by atoms with E-state index in [9.17, 15) is 10.1 Å². The largest absolute Gasteiger partial charge is 0.342 e. The second-order valence-corrected chi connectivity index (χ2v) is 5.82. The van der Waals surface area contributed by atoms with Crippen LogP contribution in [0, 0.1) is 10.1 Å². The molecule has 1 fully saturated rings. The summed E-state index contributed by atoms with van der Waals surface area (Å²) >= 11 is 0. The molecule has 0 saturated carbocycles. The number of aromatic amines is 1. The van der Waals surface area contributed by atoms with Crippen molar-refractivity contribution in [1.29, 1.82) is 0 Å². The highest BCUT2D eigenvalue weighted by Crippen LogP contribution is 2.27. The van der Waals surface area contributed by atoms with E-state index >= 15 is 0 Å². The molecule has 0 aliphatic carbocycles. The maximum atomic E-state index is 10.8. The zero-order valence-corrected chi connectivity index (χ0v) is 12.2. The van der Waals surface area contributed by atoms with Crippen molar-refractivity contribution in [1.82, 2.24) is 15.3 Å². The molecule has 0 bridgehead atoms. The first-order valence-corrected chi connectivity index (χ1v) is 7.09. The van der Waals surface area contributed by atoms with E-state index in [-0.39, 0.29) is 16.1 Å². The summed E-state index contributed by atoms with van der Waals surface area (Å²) in [6.07, 6.45) is 2.08. The molecule has 1 aromatic heterocycles. The van der Waals surface area contributed by atoms with Gasteiger partial charge in [0, 0.05) is 30.8 Å². The number of anilines is 1. The molecule has 1 aliphatic heterocycles. The quantitative estimate of drug-likeness (QED) is 0.667. The fourth-order valence-electron chi connectivity index (χ4n) is 2.71. The van der Waals surface area contributed by atoms with Gasteiger partial charge in [0.2, 0.25) is 5.95 Å². The van der Waals surface area contributed by atoms with E-state index in [1.54, 1.807) is 6.07 Å². The molecule has 2 aromatic rings. The third kappa shape index (κ3) is 2.56. The second-order valence-electron chi connectivity index (χ2n) is 5.82. The Kier molecular flexibility index (Phi) is 3.29. The highest BCUT2D eigenvalue weighted by atomic mass is 16.6. The normalized spacial score (nSPS) is 18.1. The monoisotopic (exact) mass is 289 g/mol. The van der Waals surface area contributed by atoms with Gasteiger partial charge in [-0.25, -0.2) is 4.98 Å². The summed E-state index contributed by atoms with van der Waals surface area (Å²) in [6, 6.07) is 4.71. The predicted octanol–water partition coefficient (Wildman–Crippen LogP) is 2.05. The van der Waals surface area contributed by atoms with E-state index < -0.39 is 0 Å². The van der Waals surface area contributed by atoms with E-state index in [1.807, 2.05) is 7.05 Å². The van der Waals surface area contributed by atoms with Crippen LogP contribution in [0.15, 0.2) is 18.2 Å². The molecular formula is C14H19N5O2. The van der Waals surface area contributed by atoms with Crippen LogP contribution < -0.4 is 10.2 Å². The summed E-state index contributed by atoms with van der Waals surface area (Å²) in [4.78, 5) is 20.4. The lowest BCUT2D eigenvalue weighted by Crippen LogP contribution is -2.50. The van der Waals surface area contributed by atoms with Gasteiger partial charge in [-0.1, -0.05) is 0 Å². The molecule has 1 aromatic carbocycles. The van der Waals surface area contributed by atoms with Crippen molar-refractivity contribution < 1.29 is 4.92 Å². The first-order chi connectivity index (χ1) is 10.0. The molecule has 7 nitrogen and oxygen atoms in total. The summed E-state index contributed by atoms with van der Waals surface area (Å²) in [7, 11) is 2.00. The average Bonchev–Trinajstić information content (AvgIpc) is 2.90. The van der Waals surface area contributed by atoms with Gasteiger partial charge in [-0.3, -0.25) is 10.1 Å². The van der Waals surface area contributed by atoms with Gasteiger partial charge in [0.1, 0.15) is 0 Å². The number of imidazole rings is 1. The number of nitrogens with one attached hydrogen (secondary N) is 2. The minimum Gasteiger partial charge on any atom is -0.342 e. The zero-order valence-electron chi connectivity index (χ0n) is 12.2. The Morgan fingerprint density at radius 3 is 2.76 bits per heavy atom. The van der Waals surface area contributed by atoms with Gasteiger partial charge in [-0.05, 0) is 32.9 Å². The number of hydrogen-bond acceptors (Lipinski definition) is 5. The van der Waals surface area contributed by atoms with Gasteiger partial charge in [-0.2, -0.15) is 0 Å². The van der Waals surface area contributed by atoms with E-state index in [4.69, 9.17) is 0 Å². The number of benzene rings is 1. The van der Waals surface area contributed by atoms with Crippen LogP contribution in [-0.2, 0) is 0 Å². The molecule has 3 rings (SSSR count).